The lowest BCUT2D eigenvalue weighted by Crippen LogP contribution is -2.25. The Morgan fingerprint density at radius 3 is 2.73 bits per heavy atom. The van der Waals surface area contributed by atoms with Crippen LogP contribution in [0.3, 0.4) is 0 Å². The highest BCUT2D eigenvalue weighted by molar-refractivity contribution is 5.75. The molecule has 2 N–H and O–H groups in total. The molecule has 2 rings (SSSR count). The number of aromatic nitrogens is 3. The van der Waals surface area contributed by atoms with Gasteiger partial charge in [-0.25, -0.2) is 10.5 Å². The Hall–Kier alpha value is -2.54. The number of carbonyl (C=O) groups excluding carboxylic acids is 1. The molecule has 1 amide bonds. The van der Waals surface area contributed by atoms with Crippen LogP contribution < -0.4 is 11.0 Å². The lowest BCUT2D eigenvalue weighted by Gasteiger charge is -2.07. The second-order valence-corrected chi connectivity index (χ2v) is 4.67. The number of rotatable bonds is 6. The molecule has 0 aliphatic carbocycles. The van der Waals surface area contributed by atoms with Gasteiger partial charge in [-0.3, -0.25) is 19.4 Å². The first kappa shape index (κ1) is 15.8. The van der Waals surface area contributed by atoms with Crippen LogP contribution in [0.5, 0.6) is 0 Å². The largest absolute Gasteiger partial charge is 0.306 e. The first-order valence-electron chi connectivity index (χ1n) is 7.02. The minimum absolute atomic E-state index is 0.167. The number of H-pyrrole nitrogens is 1. The van der Waals surface area contributed by atoms with Crippen LogP contribution in [0.25, 0.3) is 11.4 Å². The third-order valence-electron chi connectivity index (χ3n) is 3.11. The van der Waals surface area contributed by atoms with Gasteiger partial charge in [0.1, 0.15) is 5.82 Å². The summed E-state index contributed by atoms with van der Waals surface area (Å²) in [7, 11) is 0. The topological polar surface area (TPSA) is 97.0 Å². The van der Waals surface area contributed by atoms with Crippen molar-refractivity contribution in [2.24, 2.45) is 0 Å². The normalized spacial score (nSPS) is 10.5. The summed E-state index contributed by atoms with van der Waals surface area (Å²) in [6, 6.07) is 3.54. The van der Waals surface area contributed by atoms with Crippen molar-refractivity contribution in [2.45, 2.75) is 26.7 Å². The van der Waals surface area contributed by atoms with Gasteiger partial charge in [0.05, 0.1) is 6.61 Å². The van der Waals surface area contributed by atoms with Crippen molar-refractivity contribution in [1.82, 2.24) is 20.4 Å². The fourth-order valence-electron chi connectivity index (χ4n) is 1.99. The van der Waals surface area contributed by atoms with Crippen molar-refractivity contribution in [1.29, 1.82) is 0 Å². The number of hydroxylamine groups is 1. The summed E-state index contributed by atoms with van der Waals surface area (Å²) >= 11 is 0. The molecule has 2 heterocycles. The molecule has 0 aliphatic rings. The molecule has 0 fully saturated rings. The van der Waals surface area contributed by atoms with Crippen LogP contribution in [0.1, 0.15) is 24.6 Å². The number of nitrogens with one attached hydrogen (secondary N) is 2. The number of aryl methyl sites for hydroxylation is 1. The number of nitrogens with zero attached hydrogens (tertiary/aromatic N) is 2. The van der Waals surface area contributed by atoms with E-state index in [1.807, 2.05) is 0 Å². The van der Waals surface area contributed by atoms with E-state index >= 15 is 0 Å². The maximum atomic E-state index is 12.2. The van der Waals surface area contributed by atoms with E-state index in [4.69, 9.17) is 4.84 Å². The van der Waals surface area contributed by atoms with Gasteiger partial charge >= 0.3 is 0 Å². The molecule has 0 radical (unpaired) electrons. The maximum Gasteiger partial charge on any atom is 0.254 e. The highest BCUT2D eigenvalue weighted by atomic mass is 16.6. The summed E-state index contributed by atoms with van der Waals surface area (Å²) in [6.45, 7) is 3.93. The Labute approximate surface area is 127 Å². The quantitative estimate of drug-likeness (QED) is 0.780. The average Bonchev–Trinajstić information content (AvgIpc) is 2.52. The Balaban J connectivity index is 2.14. The van der Waals surface area contributed by atoms with Crippen LogP contribution >= 0.6 is 0 Å². The summed E-state index contributed by atoms with van der Waals surface area (Å²) in [5.41, 5.74) is 3.97. The molecule has 0 bridgehead atoms. The second-order valence-electron chi connectivity index (χ2n) is 4.67. The fourth-order valence-corrected chi connectivity index (χ4v) is 1.99. The molecule has 0 aromatic carbocycles. The smallest absolute Gasteiger partial charge is 0.254 e. The van der Waals surface area contributed by atoms with Crippen molar-refractivity contribution in [3.63, 3.8) is 0 Å². The first-order chi connectivity index (χ1) is 10.6. The number of aromatic amines is 1. The summed E-state index contributed by atoms with van der Waals surface area (Å²) in [5, 5.41) is 0. The molecular weight excluding hydrogens is 284 g/mol. The Morgan fingerprint density at radius 1 is 1.36 bits per heavy atom. The van der Waals surface area contributed by atoms with Crippen LogP contribution in [0.2, 0.25) is 0 Å². The van der Waals surface area contributed by atoms with Gasteiger partial charge in [-0.1, -0.05) is 0 Å². The predicted octanol–water partition coefficient (Wildman–Crippen LogP) is 1.14. The zero-order chi connectivity index (χ0) is 15.9. The third kappa shape index (κ3) is 3.98. The Bertz CT molecular complexity index is 698. The van der Waals surface area contributed by atoms with Crippen molar-refractivity contribution >= 4 is 5.91 Å². The fraction of sp³-hybridized carbons (Fsp3) is 0.333. The van der Waals surface area contributed by atoms with E-state index in [1.165, 1.54) is 0 Å². The summed E-state index contributed by atoms with van der Waals surface area (Å²) in [6.07, 6.45) is 3.75. The van der Waals surface area contributed by atoms with E-state index in [9.17, 15) is 9.59 Å². The standard InChI is InChI=1S/C15H18N4O3/c1-3-22-19-13(20)5-4-12-10(2)17-14(18-15(12)21)11-6-8-16-9-7-11/h6-9H,3-5H2,1-2H3,(H,19,20)(H,17,18,21). The number of hydrogen-bond donors (Lipinski definition) is 2. The van der Waals surface area contributed by atoms with Crippen LogP contribution in [-0.4, -0.2) is 27.5 Å². The van der Waals surface area contributed by atoms with Gasteiger partial charge in [-0.15, -0.1) is 0 Å². The van der Waals surface area contributed by atoms with Crippen LogP contribution in [0.15, 0.2) is 29.3 Å². The van der Waals surface area contributed by atoms with E-state index < -0.39 is 0 Å². The summed E-state index contributed by atoms with van der Waals surface area (Å²) in [5.74, 6) is 0.228. The van der Waals surface area contributed by atoms with Gasteiger partial charge in [0.2, 0.25) is 5.91 Å². The number of hydrogen-bond acceptors (Lipinski definition) is 5. The summed E-state index contributed by atoms with van der Waals surface area (Å²) < 4.78 is 0. The monoisotopic (exact) mass is 302 g/mol. The van der Waals surface area contributed by atoms with Gasteiger partial charge in [0, 0.05) is 35.6 Å². The highest BCUT2D eigenvalue weighted by Gasteiger charge is 2.11. The highest BCUT2D eigenvalue weighted by Crippen LogP contribution is 2.13. The lowest BCUT2D eigenvalue weighted by molar-refractivity contribution is -0.133. The van der Waals surface area contributed by atoms with Crippen molar-refractivity contribution in [2.75, 3.05) is 6.61 Å². The predicted molar refractivity (Wildman–Crippen MR) is 80.9 cm³/mol. The maximum absolute atomic E-state index is 12.2. The van der Waals surface area contributed by atoms with Gasteiger partial charge in [0.15, 0.2) is 0 Å². The zero-order valence-corrected chi connectivity index (χ0v) is 12.5. The van der Waals surface area contributed by atoms with E-state index in [0.29, 0.717) is 30.1 Å². The molecule has 7 heteroatoms. The van der Waals surface area contributed by atoms with Gasteiger partial charge in [-0.05, 0) is 32.4 Å². The first-order valence-corrected chi connectivity index (χ1v) is 7.02. The number of pyridine rings is 1. The Morgan fingerprint density at radius 2 is 2.09 bits per heavy atom. The average molecular weight is 302 g/mol. The molecule has 116 valence electrons. The molecule has 2 aromatic rings. The zero-order valence-electron chi connectivity index (χ0n) is 12.5. The van der Waals surface area contributed by atoms with Gasteiger partial charge < -0.3 is 4.98 Å². The van der Waals surface area contributed by atoms with E-state index in [2.05, 4.69) is 20.4 Å². The van der Waals surface area contributed by atoms with Crippen molar-refractivity contribution < 1.29 is 9.63 Å². The van der Waals surface area contributed by atoms with Crippen LogP contribution in [-0.2, 0) is 16.1 Å². The molecular formula is C15H18N4O3. The Kier molecular flexibility index (Phi) is 5.37. The van der Waals surface area contributed by atoms with Crippen LogP contribution in [0, 0.1) is 6.92 Å². The van der Waals surface area contributed by atoms with Crippen LogP contribution in [0.4, 0.5) is 0 Å². The van der Waals surface area contributed by atoms with E-state index in [1.54, 1.807) is 38.4 Å². The minimum atomic E-state index is -0.265. The molecule has 0 aliphatic heterocycles. The summed E-state index contributed by atoms with van der Waals surface area (Å²) in [4.78, 5) is 39.6. The van der Waals surface area contributed by atoms with Crippen molar-refractivity contribution in [3.8, 4) is 11.4 Å². The second kappa shape index (κ2) is 7.46. The molecule has 2 aromatic heterocycles. The molecule has 0 saturated carbocycles. The molecule has 0 unspecified atom stereocenters. The number of amides is 1. The molecule has 0 atom stereocenters. The van der Waals surface area contributed by atoms with E-state index in [-0.39, 0.29) is 17.9 Å². The molecule has 7 nitrogen and oxygen atoms in total. The molecule has 22 heavy (non-hydrogen) atoms. The lowest BCUT2D eigenvalue weighted by atomic mass is 10.1. The third-order valence-corrected chi connectivity index (χ3v) is 3.11. The number of carbonyl (C=O) groups is 1. The van der Waals surface area contributed by atoms with Gasteiger partial charge in [0.25, 0.3) is 5.56 Å². The van der Waals surface area contributed by atoms with E-state index in [0.717, 1.165) is 5.56 Å². The van der Waals surface area contributed by atoms with Crippen molar-refractivity contribution in [3.05, 3.63) is 46.1 Å². The molecule has 0 spiro atoms. The SMILES string of the molecule is CCONC(=O)CCc1c(C)nc(-c2ccncc2)[nH]c1=O. The molecule has 0 saturated heterocycles. The van der Waals surface area contributed by atoms with Gasteiger partial charge in [-0.2, -0.15) is 0 Å². The minimum Gasteiger partial charge on any atom is -0.306 e.